The largest absolute Gasteiger partial charge is 0.349 e. The molecule has 1 unspecified atom stereocenters. The highest BCUT2D eigenvalue weighted by molar-refractivity contribution is 6.29. The maximum Gasteiger partial charge on any atom is 0.251 e. The fourth-order valence-electron chi connectivity index (χ4n) is 4.21. The molecule has 31 heavy (non-hydrogen) atoms. The fraction of sp³-hybridized carbons (Fsp3) is 0.320. The summed E-state index contributed by atoms with van der Waals surface area (Å²) in [7, 11) is 0. The van der Waals surface area contributed by atoms with Crippen LogP contribution in [0.2, 0.25) is 5.15 Å². The van der Waals surface area contributed by atoms with Crippen LogP contribution in [0.15, 0.2) is 60.7 Å². The topological polar surface area (TPSA) is 62.3 Å². The first-order valence-electron chi connectivity index (χ1n) is 10.8. The number of fused-ring (bicyclic) bond motifs is 1. The van der Waals surface area contributed by atoms with Gasteiger partial charge in [0.15, 0.2) is 0 Å². The standard InChI is InChI=1S/C25H26ClN3O2/c1-2-21(17-6-4-3-5-7-17)25(31)29-14-12-20(13-15-29)27-24(30)19-8-10-22-18(16-19)9-11-23(26)28-22/h3-11,16,20-21H,2,12-15H2,1H3,(H,27,30). The van der Waals surface area contributed by atoms with E-state index in [1.807, 2.05) is 53.4 Å². The molecule has 2 amide bonds. The highest BCUT2D eigenvalue weighted by atomic mass is 35.5. The number of amides is 2. The number of nitrogens with zero attached hydrogens (tertiary/aromatic N) is 2. The summed E-state index contributed by atoms with van der Waals surface area (Å²) in [5, 5.41) is 4.43. The molecular formula is C25H26ClN3O2. The number of aromatic nitrogens is 1. The minimum atomic E-state index is -0.105. The van der Waals surface area contributed by atoms with Crippen LogP contribution in [0.4, 0.5) is 0 Å². The molecule has 0 spiro atoms. The zero-order chi connectivity index (χ0) is 21.8. The molecule has 1 saturated heterocycles. The molecule has 0 bridgehead atoms. The van der Waals surface area contributed by atoms with E-state index in [9.17, 15) is 9.59 Å². The highest BCUT2D eigenvalue weighted by Gasteiger charge is 2.28. The normalized spacial score (nSPS) is 15.6. The van der Waals surface area contributed by atoms with Crippen molar-refractivity contribution < 1.29 is 9.59 Å². The quantitative estimate of drug-likeness (QED) is 0.585. The van der Waals surface area contributed by atoms with Gasteiger partial charge in [0.25, 0.3) is 5.91 Å². The van der Waals surface area contributed by atoms with Crippen molar-refractivity contribution in [3.63, 3.8) is 0 Å². The molecule has 2 aromatic carbocycles. The van der Waals surface area contributed by atoms with Gasteiger partial charge in [-0.3, -0.25) is 9.59 Å². The molecule has 1 aromatic heterocycles. The minimum absolute atomic E-state index is 0.0624. The lowest BCUT2D eigenvalue weighted by atomic mass is 9.93. The third-order valence-corrected chi connectivity index (χ3v) is 6.18. The van der Waals surface area contributed by atoms with Gasteiger partial charge in [0.2, 0.25) is 5.91 Å². The smallest absolute Gasteiger partial charge is 0.251 e. The average molecular weight is 436 g/mol. The molecule has 2 heterocycles. The number of hydrogen-bond acceptors (Lipinski definition) is 3. The van der Waals surface area contributed by atoms with Crippen molar-refractivity contribution in [1.82, 2.24) is 15.2 Å². The summed E-state index contributed by atoms with van der Waals surface area (Å²) in [6.45, 7) is 3.37. The van der Waals surface area contributed by atoms with Gasteiger partial charge in [-0.15, -0.1) is 0 Å². The van der Waals surface area contributed by atoms with Crippen molar-refractivity contribution in [3.05, 3.63) is 76.9 Å². The summed E-state index contributed by atoms with van der Waals surface area (Å²) in [6, 6.07) is 19.0. The molecule has 3 aromatic rings. The third kappa shape index (κ3) is 4.88. The van der Waals surface area contributed by atoms with Crippen LogP contribution in [0.25, 0.3) is 10.9 Å². The monoisotopic (exact) mass is 435 g/mol. The molecule has 1 fully saturated rings. The Morgan fingerprint density at radius 1 is 1.10 bits per heavy atom. The average Bonchev–Trinajstić information content (AvgIpc) is 2.80. The first-order chi connectivity index (χ1) is 15.0. The number of halogens is 1. The van der Waals surface area contributed by atoms with E-state index < -0.39 is 0 Å². The van der Waals surface area contributed by atoms with Crippen molar-refractivity contribution in [1.29, 1.82) is 0 Å². The summed E-state index contributed by atoms with van der Waals surface area (Å²) < 4.78 is 0. The Labute approximate surface area is 187 Å². The van der Waals surface area contributed by atoms with E-state index in [1.54, 1.807) is 12.1 Å². The van der Waals surface area contributed by atoms with Crippen molar-refractivity contribution >= 4 is 34.3 Å². The number of rotatable bonds is 5. The Hall–Kier alpha value is -2.92. The van der Waals surface area contributed by atoms with E-state index in [0.717, 1.165) is 35.7 Å². The number of carbonyl (C=O) groups excluding carboxylic acids is 2. The lowest BCUT2D eigenvalue weighted by molar-refractivity contribution is -0.134. The van der Waals surface area contributed by atoms with Crippen LogP contribution in [0.5, 0.6) is 0 Å². The Morgan fingerprint density at radius 3 is 2.55 bits per heavy atom. The van der Waals surface area contributed by atoms with Crippen LogP contribution in [0.1, 0.15) is 48.0 Å². The Balaban J connectivity index is 1.35. The Kier molecular flexibility index (Phi) is 6.52. The molecular weight excluding hydrogens is 410 g/mol. The molecule has 1 aliphatic heterocycles. The Bertz CT molecular complexity index is 1080. The molecule has 0 radical (unpaired) electrons. The molecule has 1 atom stereocenters. The molecule has 4 rings (SSSR count). The second-order valence-corrected chi connectivity index (χ2v) is 8.37. The van der Waals surface area contributed by atoms with E-state index in [4.69, 9.17) is 11.6 Å². The number of likely N-dealkylation sites (tertiary alicyclic amines) is 1. The van der Waals surface area contributed by atoms with E-state index in [0.29, 0.717) is 23.8 Å². The van der Waals surface area contributed by atoms with Gasteiger partial charge in [-0.05, 0) is 55.2 Å². The van der Waals surface area contributed by atoms with Crippen LogP contribution >= 0.6 is 11.6 Å². The summed E-state index contributed by atoms with van der Waals surface area (Å²) in [5.41, 5.74) is 2.43. The zero-order valence-electron chi connectivity index (χ0n) is 17.6. The van der Waals surface area contributed by atoms with Gasteiger partial charge in [-0.25, -0.2) is 4.98 Å². The van der Waals surface area contributed by atoms with Gasteiger partial charge < -0.3 is 10.2 Å². The molecule has 0 saturated carbocycles. The third-order valence-electron chi connectivity index (χ3n) is 5.97. The van der Waals surface area contributed by atoms with Crippen molar-refractivity contribution in [2.24, 2.45) is 0 Å². The fourth-order valence-corrected chi connectivity index (χ4v) is 4.37. The maximum absolute atomic E-state index is 13.1. The predicted octanol–water partition coefficient (Wildman–Crippen LogP) is 4.80. The van der Waals surface area contributed by atoms with Gasteiger partial charge in [-0.1, -0.05) is 48.9 Å². The van der Waals surface area contributed by atoms with Crippen molar-refractivity contribution in [2.45, 2.75) is 38.1 Å². The van der Waals surface area contributed by atoms with Gasteiger partial charge >= 0.3 is 0 Å². The lowest BCUT2D eigenvalue weighted by Crippen LogP contribution is -2.47. The van der Waals surface area contributed by atoms with E-state index in [2.05, 4.69) is 17.2 Å². The van der Waals surface area contributed by atoms with Crippen molar-refractivity contribution in [3.8, 4) is 0 Å². The molecule has 6 heteroatoms. The van der Waals surface area contributed by atoms with Crippen LogP contribution < -0.4 is 5.32 Å². The van der Waals surface area contributed by atoms with Crippen LogP contribution in [-0.2, 0) is 4.79 Å². The molecule has 5 nitrogen and oxygen atoms in total. The minimum Gasteiger partial charge on any atom is -0.349 e. The predicted molar refractivity (Wildman–Crippen MR) is 123 cm³/mol. The summed E-state index contributed by atoms with van der Waals surface area (Å²) in [6.07, 6.45) is 2.29. The lowest BCUT2D eigenvalue weighted by Gasteiger charge is -2.34. The van der Waals surface area contributed by atoms with Gasteiger partial charge in [0.05, 0.1) is 11.4 Å². The molecule has 1 aliphatic rings. The summed E-state index contributed by atoms with van der Waals surface area (Å²) in [5.74, 6) is -0.0245. The maximum atomic E-state index is 13.1. The molecule has 160 valence electrons. The highest BCUT2D eigenvalue weighted by Crippen LogP contribution is 2.24. The van der Waals surface area contributed by atoms with Gasteiger partial charge in [0, 0.05) is 30.1 Å². The number of pyridine rings is 1. The van der Waals surface area contributed by atoms with Crippen molar-refractivity contribution in [2.75, 3.05) is 13.1 Å². The second kappa shape index (κ2) is 9.48. The second-order valence-electron chi connectivity index (χ2n) is 7.99. The number of hydrogen-bond donors (Lipinski definition) is 1. The van der Waals surface area contributed by atoms with Crippen LogP contribution in [-0.4, -0.2) is 40.8 Å². The molecule has 0 aliphatic carbocycles. The molecule has 1 N–H and O–H groups in total. The number of piperidine rings is 1. The number of benzene rings is 2. The van der Waals surface area contributed by atoms with E-state index in [1.165, 1.54) is 0 Å². The van der Waals surface area contributed by atoms with E-state index in [-0.39, 0.29) is 23.8 Å². The summed E-state index contributed by atoms with van der Waals surface area (Å²) >= 11 is 5.93. The van der Waals surface area contributed by atoms with E-state index >= 15 is 0 Å². The SMILES string of the molecule is CCC(C(=O)N1CCC(NC(=O)c2ccc3nc(Cl)ccc3c2)CC1)c1ccccc1. The zero-order valence-corrected chi connectivity index (χ0v) is 18.3. The Morgan fingerprint density at radius 2 is 1.84 bits per heavy atom. The van der Waals surface area contributed by atoms with Gasteiger partial charge in [-0.2, -0.15) is 0 Å². The first-order valence-corrected chi connectivity index (χ1v) is 11.1. The van der Waals surface area contributed by atoms with Gasteiger partial charge in [0.1, 0.15) is 5.15 Å². The van der Waals surface area contributed by atoms with Crippen LogP contribution in [0, 0.1) is 0 Å². The number of nitrogens with one attached hydrogen (secondary N) is 1. The first kappa shape index (κ1) is 21.3. The number of carbonyl (C=O) groups is 2. The van der Waals surface area contributed by atoms with Crippen LogP contribution in [0.3, 0.4) is 0 Å². The summed E-state index contributed by atoms with van der Waals surface area (Å²) in [4.78, 5) is 32.0.